The molecule has 0 saturated carbocycles. The van der Waals surface area contributed by atoms with E-state index in [-0.39, 0.29) is 12.1 Å². The molecule has 0 spiro atoms. The summed E-state index contributed by atoms with van der Waals surface area (Å²) in [6, 6.07) is 0.109. The van der Waals surface area contributed by atoms with E-state index in [0.717, 1.165) is 0 Å². The second kappa shape index (κ2) is 9.86. The zero-order chi connectivity index (χ0) is 12.7. The lowest BCUT2D eigenvalue weighted by atomic mass is 10.4. The molecule has 0 aliphatic carbocycles. The number of halogens is 4. The molecule has 0 aliphatic heterocycles. The monoisotopic (exact) mass is 508 g/mol. The molecule has 98 valence electrons. The topological polar surface area (TPSA) is 42.0 Å². The number of hydrogen-bond donors (Lipinski definition) is 0. The lowest BCUT2D eigenvalue weighted by Crippen LogP contribution is -2.21. The van der Waals surface area contributed by atoms with E-state index in [1.54, 1.807) is 5.90 Å². The Bertz CT molecular complexity index is 202. The third kappa shape index (κ3) is 8.99. The smallest absolute Gasteiger partial charge is 0.309 e. The Hall–Kier alpha value is 1.99. The number of hydrogen-bond acceptors (Lipinski definition) is 5. The van der Waals surface area contributed by atoms with Gasteiger partial charge in [-0.2, -0.15) is 5.90 Å². The van der Waals surface area contributed by atoms with Gasteiger partial charge in [0.25, 0.3) is 0 Å². The molecule has 0 radical (unpaired) electrons. The molecule has 0 heterocycles. The van der Waals surface area contributed by atoms with E-state index < -0.39 is 8.25 Å². The lowest BCUT2D eigenvalue weighted by molar-refractivity contribution is 0.194. The van der Waals surface area contributed by atoms with E-state index in [4.69, 9.17) is 9.05 Å². The Labute approximate surface area is 130 Å². The summed E-state index contributed by atoms with van der Waals surface area (Å²) in [4.78, 5) is 0. The minimum atomic E-state index is -2.43. The van der Waals surface area contributed by atoms with Gasteiger partial charge in [0.2, 0.25) is 0 Å². The summed E-state index contributed by atoms with van der Waals surface area (Å²) in [6.07, 6.45) is 0. The van der Waals surface area contributed by atoms with Gasteiger partial charge in [0.05, 0.1) is 25.3 Å². The highest BCUT2D eigenvalue weighted by Crippen LogP contribution is 2.27. The van der Waals surface area contributed by atoms with Crippen LogP contribution < -0.4 is 0 Å². The van der Waals surface area contributed by atoms with Crippen LogP contribution in [-0.4, -0.2) is 31.2 Å². The maximum Gasteiger partial charge on any atom is 0.319 e. The molecule has 0 aromatic carbocycles. The van der Waals surface area contributed by atoms with Gasteiger partial charge in [-0.05, 0) is 13.8 Å². The Morgan fingerprint density at radius 2 is 1.31 bits per heavy atom. The summed E-state index contributed by atoms with van der Waals surface area (Å²) < 4.78 is 24.7. The Balaban J connectivity index is 3.67. The van der Waals surface area contributed by atoms with Crippen molar-refractivity contribution in [3.8, 4) is 0 Å². The summed E-state index contributed by atoms with van der Waals surface area (Å²) in [5.74, 6) is 0. The van der Waals surface area contributed by atoms with Crippen LogP contribution in [-0.2, 0) is 13.6 Å². The zero-order valence-electron chi connectivity index (χ0n) is 8.70. The van der Waals surface area contributed by atoms with Crippen molar-refractivity contribution in [1.82, 2.24) is 5.90 Å². The molecule has 0 rings (SSSR count). The summed E-state index contributed by atoms with van der Waals surface area (Å²) in [5.41, 5.74) is 0. The predicted molar refractivity (Wildman–Crippen MR) is 79.2 cm³/mol. The highest BCUT2D eigenvalue weighted by Gasteiger charge is 2.13. The van der Waals surface area contributed by atoms with Crippen molar-refractivity contribution in [3.05, 3.63) is 0 Å². The van der Waals surface area contributed by atoms with Crippen LogP contribution in [0, 0.1) is 0 Å². The van der Waals surface area contributed by atoms with Crippen LogP contribution in [0.3, 0.4) is 0 Å². The summed E-state index contributed by atoms with van der Waals surface area (Å²) in [7, 11) is -2.43. The fourth-order valence-electron chi connectivity index (χ4n) is 0.532. The van der Waals surface area contributed by atoms with E-state index in [1.165, 1.54) is 0 Å². The van der Waals surface area contributed by atoms with Gasteiger partial charge in [-0.15, -0.1) is 0 Å². The van der Waals surface area contributed by atoms with Gasteiger partial charge in [-0.1, -0.05) is 0 Å². The molecule has 0 aromatic heterocycles. The van der Waals surface area contributed by atoms with E-state index in [9.17, 15) is 4.57 Å². The molecule has 5 nitrogen and oxygen atoms in total. The maximum absolute atomic E-state index is 11.3. The molecular weight excluding hydrogens is 499 g/mol. The minimum absolute atomic E-state index is 0.0545. The molecule has 0 bridgehead atoms. The number of nitrogens with zero attached hydrogens (tertiary/aromatic N) is 2. The van der Waals surface area contributed by atoms with E-state index >= 15 is 0 Å². The highest BCUT2D eigenvalue weighted by atomic mass is 79.9. The molecule has 0 N–H and O–H groups in total. The minimum Gasteiger partial charge on any atom is -0.309 e. The van der Waals surface area contributed by atoms with Gasteiger partial charge in [0.15, 0.2) is 0 Å². The normalized spacial score (nSPS) is 17.8. The quantitative estimate of drug-likeness (QED) is 0.364. The Morgan fingerprint density at radius 3 is 1.56 bits per heavy atom. The first kappa shape index (κ1) is 18.0. The van der Waals surface area contributed by atoms with Gasteiger partial charge < -0.3 is 9.05 Å². The largest absolute Gasteiger partial charge is 0.319 e. The number of rotatable bonds is 8. The molecule has 16 heavy (non-hydrogen) atoms. The predicted octanol–water partition coefficient (Wildman–Crippen LogP) is 4.03. The maximum atomic E-state index is 11.3. The fraction of sp³-hybridized carbons (Fsp3) is 1.00. The van der Waals surface area contributed by atoms with E-state index in [2.05, 4.69) is 64.6 Å². The third-order valence-electron chi connectivity index (χ3n) is 1.55. The van der Waals surface area contributed by atoms with Crippen molar-refractivity contribution >= 4 is 72.8 Å². The molecule has 0 fully saturated rings. The van der Waals surface area contributed by atoms with Crippen LogP contribution in [0.2, 0.25) is 0 Å². The van der Waals surface area contributed by atoms with Crippen LogP contribution in [0.4, 0.5) is 0 Å². The molecule has 2 atom stereocenters. The molecular formula is C6H13Br4N2O3P. The summed E-state index contributed by atoms with van der Waals surface area (Å²) >= 11 is 12.8. The average Bonchev–Trinajstić information content (AvgIpc) is 2.21. The first-order valence-corrected chi connectivity index (χ1v) is 8.42. The van der Waals surface area contributed by atoms with Gasteiger partial charge in [0, 0.05) is 64.6 Å². The van der Waals surface area contributed by atoms with Crippen molar-refractivity contribution < 1.29 is 13.6 Å². The first-order chi connectivity index (χ1) is 7.34. The van der Waals surface area contributed by atoms with Crippen LogP contribution in [0.25, 0.3) is 0 Å². The zero-order valence-corrected chi connectivity index (χ0v) is 16.0. The fourth-order valence-corrected chi connectivity index (χ4v) is 1.84. The van der Waals surface area contributed by atoms with Crippen LogP contribution >= 0.6 is 72.8 Å². The molecule has 2 unspecified atom stereocenters. The molecule has 0 aromatic rings. The van der Waals surface area contributed by atoms with Gasteiger partial charge in [0.1, 0.15) is 0 Å². The van der Waals surface area contributed by atoms with Gasteiger partial charge >= 0.3 is 8.25 Å². The standard InChI is InChI=1S/C6H13Br4N2O3P/c1-5(11(7)8)3-14-16(13)15-4-6(2)12(9)10/h5-6,16H,3-4H2,1-2H3. The lowest BCUT2D eigenvalue weighted by Gasteiger charge is -2.17. The average molecular weight is 512 g/mol. The molecule has 10 heteroatoms. The second-order valence-corrected chi connectivity index (χ2v) is 9.13. The highest BCUT2D eigenvalue weighted by molar-refractivity contribution is 9.21. The summed E-state index contributed by atoms with van der Waals surface area (Å²) in [5, 5.41) is 0. The van der Waals surface area contributed by atoms with Crippen LogP contribution in [0.1, 0.15) is 13.8 Å². The van der Waals surface area contributed by atoms with Crippen molar-refractivity contribution in [3.63, 3.8) is 0 Å². The second-order valence-electron chi connectivity index (χ2n) is 3.09. The van der Waals surface area contributed by atoms with Crippen molar-refractivity contribution in [2.24, 2.45) is 0 Å². The van der Waals surface area contributed by atoms with Crippen molar-refractivity contribution in [2.75, 3.05) is 13.2 Å². The van der Waals surface area contributed by atoms with Crippen molar-refractivity contribution in [2.45, 2.75) is 25.9 Å². The first-order valence-electron chi connectivity index (χ1n) is 4.35. The third-order valence-corrected chi connectivity index (χ3v) is 5.15. The van der Waals surface area contributed by atoms with Gasteiger partial charge in [-0.25, -0.2) is 0 Å². The summed E-state index contributed by atoms with van der Waals surface area (Å²) in [6.45, 7) is 4.43. The van der Waals surface area contributed by atoms with Crippen molar-refractivity contribution in [1.29, 1.82) is 0 Å². The Kier molecular flexibility index (Phi) is 11.1. The van der Waals surface area contributed by atoms with Gasteiger partial charge in [-0.3, -0.25) is 4.57 Å². The Morgan fingerprint density at radius 1 is 1.00 bits per heavy atom. The van der Waals surface area contributed by atoms with Crippen LogP contribution in [0.15, 0.2) is 0 Å². The molecule has 0 saturated heterocycles. The molecule has 0 aliphatic rings. The van der Waals surface area contributed by atoms with E-state index in [1.807, 2.05) is 13.8 Å². The SMILES string of the molecule is CC(CO[PH](=O)OCC(C)N(Br)Br)N(Br)Br. The van der Waals surface area contributed by atoms with E-state index in [0.29, 0.717) is 13.2 Å². The molecule has 0 amide bonds. The van der Waals surface area contributed by atoms with Crippen LogP contribution in [0.5, 0.6) is 0 Å².